The highest BCUT2D eigenvalue weighted by atomic mass is 79.9. The van der Waals surface area contributed by atoms with Gasteiger partial charge in [0, 0.05) is 16.2 Å². The highest BCUT2D eigenvalue weighted by Crippen LogP contribution is 2.15. The molecule has 0 saturated carbocycles. The molecule has 0 saturated heterocycles. The number of hydrogen-bond acceptors (Lipinski definition) is 3. The van der Waals surface area contributed by atoms with Gasteiger partial charge in [0.1, 0.15) is 0 Å². The van der Waals surface area contributed by atoms with Crippen LogP contribution in [0.2, 0.25) is 0 Å². The lowest BCUT2D eigenvalue weighted by Crippen LogP contribution is -2.20. The lowest BCUT2D eigenvalue weighted by Gasteiger charge is -2.05. The van der Waals surface area contributed by atoms with E-state index in [1.807, 2.05) is 6.07 Å². The molecule has 1 aromatic rings. The molecule has 0 aliphatic heterocycles. The van der Waals surface area contributed by atoms with E-state index in [0.717, 1.165) is 4.47 Å². The number of benzene rings is 1. The SMILES string of the molecule is CC=CC(=O)OCC(=O)Nc1cccc(Br)c1. The maximum atomic E-state index is 11.4. The van der Waals surface area contributed by atoms with Crippen molar-refractivity contribution < 1.29 is 14.3 Å². The molecule has 17 heavy (non-hydrogen) atoms. The molecule has 0 heterocycles. The van der Waals surface area contributed by atoms with E-state index in [2.05, 4.69) is 21.2 Å². The fourth-order valence-corrected chi connectivity index (χ4v) is 1.48. The zero-order valence-electron chi connectivity index (χ0n) is 9.27. The van der Waals surface area contributed by atoms with Crippen molar-refractivity contribution in [1.82, 2.24) is 0 Å². The quantitative estimate of drug-likeness (QED) is 0.686. The van der Waals surface area contributed by atoms with Crippen molar-refractivity contribution in [3.8, 4) is 0 Å². The molecule has 0 aliphatic rings. The smallest absolute Gasteiger partial charge is 0.330 e. The maximum absolute atomic E-state index is 11.4. The lowest BCUT2D eigenvalue weighted by molar-refractivity contribution is -0.142. The summed E-state index contributed by atoms with van der Waals surface area (Å²) in [5.74, 6) is -0.905. The summed E-state index contributed by atoms with van der Waals surface area (Å²) in [6.45, 7) is 1.40. The number of nitrogens with one attached hydrogen (secondary N) is 1. The van der Waals surface area contributed by atoms with Crippen molar-refractivity contribution in [1.29, 1.82) is 0 Å². The number of amides is 1. The highest BCUT2D eigenvalue weighted by molar-refractivity contribution is 9.10. The zero-order chi connectivity index (χ0) is 12.7. The number of esters is 1. The van der Waals surface area contributed by atoms with Gasteiger partial charge in [0.05, 0.1) is 0 Å². The molecule has 0 unspecified atom stereocenters. The van der Waals surface area contributed by atoms with Crippen molar-refractivity contribution in [3.05, 3.63) is 40.9 Å². The zero-order valence-corrected chi connectivity index (χ0v) is 10.9. The number of halogens is 1. The van der Waals surface area contributed by atoms with E-state index in [4.69, 9.17) is 4.74 Å². The fraction of sp³-hybridized carbons (Fsp3) is 0.167. The second-order valence-electron chi connectivity index (χ2n) is 3.17. The summed E-state index contributed by atoms with van der Waals surface area (Å²) in [6.07, 6.45) is 2.81. The molecule has 90 valence electrons. The summed E-state index contributed by atoms with van der Waals surface area (Å²) in [4.78, 5) is 22.4. The van der Waals surface area contributed by atoms with Crippen molar-refractivity contribution in [2.45, 2.75) is 6.92 Å². The minimum atomic E-state index is -0.531. The van der Waals surface area contributed by atoms with Crippen molar-refractivity contribution in [3.63, 3.8) is 0 Å². The Kier molecular flexibility index (Phi) is 5.42. The van der Waals surface area contributed by atoms with Crippen LogP contribution in [0.1, 0.15) is 6.92 Å². The number of allylic oxidation sites excluding steroid dienone is 1. The molecule has 0 spiro atoms. The Morgan fingerprint density at radius 1 is 1.47 bits per heavy atom. The van der Waals surface area contributed by atoms with Crippen LogP contribution >= 0.6 is 15.9 Å². The Balaban J connectivity index is 2.42. The van der Waals surface area contributed by atoms with E-state index >= 15 is 0 Å². The minimum Gasteiger partial charge on any atom is -0.452 e. The molecule has 5 heteroatoms. The summed E-state index contributed by atoms with van der Waals surface area (Å²) in [7, 11) is 0. The van der Waals surface area contributed by atoms with Crippen LogP contribution in [0.15, 0.2) is 40.9 Å². The van der Waals surface area contributed by atoms with Gasteiger partial charge in [0.2, 0.25) is 0 Å². The first-order valence-electron chi connectivity index (χ1n) is 4.96. The van der Waals surface area contributed by atoms with Crippen LogP contribution in [-0.2, 0) is 14.3 Å². The first-order valence-corrected chi connectivity index (χ1v) is 5.76. The third-order valence-electron chi connectivity index (χ3n) is 1.76. The number of hydrogen-bond donors (Lipinski definition) is 1. The van der Waals surface area contributed by atoms with Crippen LogP contribution in [0.3, 0.4) is 0 Å². The number of rotatable bonds is 4. The maximum Gasteiger partial charge on any atom is 0.330 e. The second-order valence-corrected chi connectivity index (χ2v) is 4.08. The van der Waals surface area contributed by atoms with Crippen molar-refractivity contribution in [2.24, 2.45) is 0 Å². The van der Waals surface area contributed by atoms with Gasteiger partial charge in [0.25, 0.3) is 5.91 Å². The molecule has 0 radical (unpaired) electrons. The minimum absolute atomic E-state index is 0.296. The monoisotopic (exact) mass is 297 g/mol. The summed E-state index contributed by atoms with van der Waals surface area (Å²) in [6, 6.07) is 7.15. The molecule has 1 aromatic carbocycles. The van der Waals surface area contributed by atoms with Gasteiger partial charge in [-0.05, 0) is 25.1 Å². The van der Waals surface area contributed by atoms with Gasteiger partial charge >= 0.3 is 5.97 Å². The summed E-state index contributed by atoms with van der Waals surface area (Å²) < 4.78 is 5.56. The molecular formula is C12H12BrNO3. The second kappa shape index (κ2) is 6.85. The van der Waals surface area contributed by atoms with Gasteiger partial charge in [-0.2, -0.15) is 0 Å². The molecule has 0 fully saturated rings. The number of carbonyl (C=O) groups is 2. The summed E-state index contributed by atoms with van der Waals surface area (Å²) in [5.41, 5.74) is 0.645. The third-order valence-corrected chi connectivity index (χ3v) is 2.25. The van der Waals surface area contributed by atoms with Crippen LogP contribution in [-0.4, -0.2) is 18.5 Å². The first-order chi connectivity index (χ1) is 8.11. The van der Waals surface area contributed by atoms with Gasteiger partial charge < -0.3 is 10.1 Å². The molecular weight excluding hydrogens is 286 g/mol. The van der Waals surface area contributed by atoms with Crippen LogP contribution in [0.4, 0.5) is 5.69 Å². The molecule has 0 bridgehead atoms. The average Bonchev–Trinajstić information content (AvgIpc) is 2.27. The Bertz CT molecular complexity index is 443. The van der Waals surface area contributed by atoms with Crippen molar-refractivity contribution >= 4 is 33.5 Å². The van der Waals surface area contributed by atoms with E-state index in [1.54, 1.807) is 31.2 Å². The van der Waals surface area contributed by atoms with E-state index in [1.165, 1.54) is 6.08 Å². The van der Waals surface area contributed by atoms with Gasteiger partial charge in [-0.25, -0.2) is 4.79 Å². The topological polar surface area (TPSA) is 55.4 Å². The molecule has 1 rings (SSSR count). The molecule has 1 N–H and O–H groups in total. The Morgan fingerprint density at radius 3 is 2.88 bits per heavy atom. The van der Waals surface area contributed by atoms with E-state index in [-0.39, 0.29) is 12.5 Å². The van der Waals surface area contributed by atoms with Gasteiger partial charge in [-0.15, -0.1) is 0 Å². The van der Waals surface area contributed by atoms with Gasteiger partial charge in [-0.1, -0.05) is 28.1 Å². The standard InChI is InChI=1S/C12H12BrNO3/c1-2-4-12(16)17-8-11(15)14-10-6-3-5-9(13)7-10/h2-7H,8H2,1H3,(H,14,15). The Morgan fingerprint density at radius 2 is 2.24 bits per heavy atom. The molecule has 0 atom stereocenters. The largest absolute Gasteiger partial charge is 0.452 e. The average molecular weight is 298 g/mol. The number of anilines is 1. The molecule has 4 nitrogen and oxygen atoms in total. The van der Waals surface area contributed by atoms with Crippen molar-refractivity contribution in [2.75, 3.05) is 11.9 Å². The fourth-order valence-electron chi connectivity index (χ4n) is 1.08. The third kappa shape index (κ3) is 5.31. The van der Waals surface area contributed by atoms with Crippen LogP contribution in [0.5, 0.6) is 0 Å². The Hall–Kier alpha value is -1.62. The number of carbonyl (C=O) groups excluding carboxylic acids is 2. The summed E-state index contributed by atoms with van der Waals surface area (Å²) in [5, 5.41) is 2.61. The van der Waals surface area contributed by atoms with Crippen LogP contribution in [0, 0.1) is 0 Å². The lowest BCUT2D eigenvalue weighted by atomic mass is 10.3. The molecule has 1 amide bonds. The van der Waals surface area contributed by atoms with E-state index in [0.29, 0.717) is 5.69 Å². The van der Waals surface area contributed by atoms with E-state index in [9.17, 15) is 9.59 Å². The number of ether oxygens (including phenoxy) is 1. The summed E-state index contributed by atoms with van der Waals surface area (Å²) >= 11 is 3.29. The van der Waals surface area contributed by atoms with E-state index < -0.39 is 5.97 Å². The Labute approximate surface area is 108 Å². The molecule has 0 aliphatic carbocycles. The van der Waals surface area contributed by atoms with Crippen LogP contribution in [0.25, 0.3) is 0 Å². The predicted molar refractivity (Wildman–Crippen MR) is 68.5 cm³/mol. The normalized spacial score (nSPS) is 10.2. The molecule has 0 aromatic heterocycles. The predicted octanol–water partition coefficient (Wildman–Crippen LogP) is 2.51. The van der Waals surface area contributed by atoms with Gasteiger partial charge in [0.15, 0.2) is 6.61 Å². The van der Waals surface area contributed by atoms with Crippen LogP contribution < -0.4 is 5.32 Å². The highest BCUT2D eigenvalue weighted by Gasteiger charge is 2.05. The van der Waals surface area contributed by atoms with Gasteiger partial charge in [-0.3, -0.25) is 4.79 Å². The first kappa shape index (κ1) is 13.4.